The van der Waals surface area contributed by atoms with E-state index in [0.29, 0.717) is 0 Å². The molecule has 0 unspecified atom stereocenters. The van der Waals surface area contributed by atoms with Gasteiger partial charge in [0, 0.05) is 14.7 Å². The normalized spacial score (nSPS) is 16.0. The molecule has 5 nitrogen and oxygen atoms in total. The van der Waals surface area contributed by atoms with Gasteiger partial charge in [-0.2, -0.15) is 12.0 Å². The zero-order chi connectivity index (χ0) is 18.2. The van der Waals surface area contributed by atoms with E-state index >= 15 is 0 Å². The van der Waals surface area contributed by atoms with Gasteiger partial charge in [-0.05, 0) is 46.7 Å². The molecule has 26 heavy (non-hydrogen) atoms. The summed E-state index contributed by atoms with van der Waals surface area (Å²) in [5.41, 5.74) is 1.63. The first-order valence-electron chi connectivity index (χ1n) is 7.92. The van der Waals surface area contributed by atoms with Gasteiger partial charge in [0.15, 0.2) is 0 Å². The van der Waals surface area contributed by atoms with Crippen LogP contribution in [0.3, 0.4) is 0 Å². The molecule has 1 aliphatic heterocycles. The summed E-state index contributed by atoms with van der Waals surface area (Å²) in [6.07, 6.45) is 0. The molecule has 0 radical (unpaired) electrons. The van der Waals surface area contributed by atoms with Crippen molar-refractivity contribution in [2.24, 2.45) is 0 Å². The number of nitrogens with one attached hydrogen (secondary N) is 1. The van der Waals surface area contributed by atoms with Crippen molar-refractivity contribution in [3.63, 3.8) is 0 Å². The summed E-state index contributed by atoms with van der Waals surface area (Å²) in [7, 11) is -5.64. The molecule has 3 aromatic rings. The van der Waals surface area contributed by atoms with E-state index in [1.165, 1.54) is 0 Å². The molecule has 1 N–H and O–H groups in total. The topological polar surface area (TPSA) is 64.6 Å². The Labute approximate surface area is 154 Å². The Hall–Kier alpha value is -2.32. The smallest absolute Gasteiger partial charge is 0.354 e. The Balaban J connectivity index is 2.11. The van der Waals surface area contributed by atoms with E-state index in [4.69, 9.17) is 3.63 Å². The predicted molar refractivity (Wildman–Crippen MR) is 102 cm³/mol. The molecular weight excluding hydrogens is 370 g/mol. The van der Waals surface area contributed by atoms with Crippen LogP contribution in [0.2, 0.25) is 0 Å². The maximum atomic E-state index is 12.4. The maximum absolute atomic E-state index is 12.4. The third-order valence-corrected chi connectivity index (χ3v) is 8.91. The molecule has 1 heterocycles. The van der Waals surface area contributed by atoms with Crippen molar-refractivity contribution in [3.05, 3.63) is 78.9 Å². The largest absolute Gasteiger partial charge is 0.409 e. The molecule has 0 bridgehead atoms. The molecule has 1 aliphatic rings. The van der Waals surface area contributed by atoms with Gasteiger partial charge in [-0.15, -0.1) is 0 Å². The van der Waals surface area contributed by atoms with E-state index in [2.05, 4.69) is 9.50 Å². The van der Waals surface area contributed by atoms with Crippen LogP contribution in [0.5, 0.6) is 0 Å². The van der Waals surface area contributed by atoms with Crippen LogP contribution >= 0.6 is 10.3 Å². The van der Waals surface area contributed by atoms with Gasteiger partial charge < -0.3 is 5.32 Å². The molecule has 0 fully saturated rings. The van der Waals surface area contributed by atoms with Gasteiger partial charge in [0.05, 0.1) is 18.5 Å². The first-order valence-corrected chi connectivity index (χ1v) is 10.8. The average Bonchev–Trinajstić information content (AvgIpc) is 2.68. The van der Waals surface area contributed by atoms with Crippen LogP contribution in [0.1, 0.15) is 0 Å². The second kappa shape index (κ2) is 6.44. The molecule has 0 aliphatic carbocycles. The van der Waals surface area contributed by atoms with Crippen molar-refractivity contribution in [2.75, 3.05) is 12.4 Å². The van der Waals surface area contributed by atoms with Crippen molar-refractivity contribution < 1.29 is 16.2 Å². The number of anilines is 2. The summed E-state index contributed by atoms with van der Waals surface area (Å²) in [6.45, 7) is 0. The van der Waals surface area contributed by atoms with E-state index in [1.807, 2.05) is 78.9 Å². The van der Waals surface area contributed by atoms with E-state index < -0.39 is 20.7 Å². The zero-order valence-electron chi connectivity index (χ0n) is 14.0. The summed E-state index contributed by atoms with van der Waals surface area (Å²) < 4.78 is 35.4. The van der Waals surface area contributed by atoms with Crippen LogP contribution in [0, 0.1) is 0 Å². The number of rotatable bonds is 4. The fourth-order valence-electron chi connectivity index (χ4n) is 3.04. The van der Waals surface area contributed by atoms with Gasteiger partial charge in [0.25, 0.3) is 0 Å². The number of hydrogen-bond donors (Lipinski definition) is 1. The molecule has 0 aromatic heterocycles. The molecule has 134 valence electrons. The molecular formula is C19H17NO4S2. The Bertz CT molecular complexity index is 1010. The molecule has 0 saturated carbocycles. The number of benzene rings is 3. The lowest BCUT2D eigenvalue weighted by molar-refractivity contribution is 0.339. The van der Waals surface area contributed by atoms with Gasteiger partial charge in [0.1, 0.15) is 0 Å². The Morgan fingerprint density at radius 3 is 1.81 bits per heavy atom. The molecule has 0 atom stereocenters. The lowest BCUT2D eigenvalue weighted by Crippen LogP contribution is -2.19. The monoisotopic (exact) mass is 387 g/mol. The highest BCUT2D eigenvalue weighted by molar-refractivity contribution is 8.33. The second-order valence-corrected chi connectivity index (χ2v) is 9.79. The highest BCUT2D eigenvalue weighted by Gasteiger charge is 2.43. The minimum atomic E-state index is -4.20. The van der Waals surface area contributed by atoms with Gasteiger partial charge >= 0.3 is 10.4 Å². The van der Waals surface area contributed by atoms with E-state index in [-0.39, 0.29) is 0 Å². The van der Waals surface area contributed by atoms with Crippen molar-refractivity contribution in [1.29, 1.82) is 0 Å². The maximum Gasteiger partial charge on any atom is 0.409 e. The van der Waals surface area contributed by atoms with Gasteiger partial charge in [0.2, 0.25) is 0 Å². The number of hydrogen-bond acceptors (Lipinski definition) is 5. The van der Waals surface area contributed by atoms with E-state index in [0.717, 1.165) is 33.2 Å². The summed E-state index contributed by atoms with van der Waals surface area (Å²) >= 11 is 0. The first-order chi connectivity index (χ1) is 12.6. The SMILES string of the molecule is COS(=O)(=O)OS1(c2ccccc2)c2ccccc2Nc2ccccc21. The Kier molecular flexibility index (Phi) is 4.24. The minimum absolute atomic E-state index is 0.780. The van der Waals surface area contributed by atoms with Crippen LogP contribution in [-0.4, -0.2) is 15.5 Å². The summed E-state index contributed by atoms with van der Waals surface area (Å²) in [4.78, 5) is 2.35. The Morgan fingerprint density at radius 1 is 0.769 bits per heavy atom. The molecule has 4 rings (SSSR count). The number of para-hydroxylation sites is 2. The molecule has 0 amide bonds. The fraction of sp³-hybridized carbons (Fsp3) is 0.0526. The lowest BCUT2D eigenvalue weighted by Gasteiger charge is -2.43. The second-order valence-electron chi connectivity index (χ2n) is 5.63. The average molecular weight is 387 g/mol. The van der Waals surface area contributed by atoms with Crippen LogP contribution in [0.15, 0.2) is 93.5 Å². The summed E-state index contributed by atoms with van der Waals surface area (Å²) in [5, 5.41) is 3.37. The number of fused-ring (bicyclic) bond motifs is 2. The first kappa shape index (κ1) is 17.1. The quantitative estimate of drug-likeness (QED) is 0.693. The minimum Gasteiger partial charge on any atom is -0.354 e. The van der Waals surface area contributed by atoms with Gasteiger partial charge in [-0.1, -0.05) is 42.5 Å². The van der Waals surface area contributed by atoms with Crippen LogP contribution in [0.4, 0.5) is 11.4 Å². The molecule has 7 heteroatoms. The highest BCUT2D eigenvalue weighted by Crippen LogP contribution is 2.75. The zero-order valence-corrected chi connectivity index (χ0v) is 15.6. The standard InChI is InChI=1S/C19H17NO4S2/c1-23-26(21,22)24-25(15-9-3-2-4-10-15)18-13-7-5-11-16(18)20-17-12-6-8-14-19(17)25/h2-14,20H,1H3. The molecule has 0 saturated heterocycles. The summed E-state index contributed by atoms with van der Waals surface area (Å²) in [5.74, 6) is 0. The van der Waals surface area contributed by atoms with Crippen LogP contribution < -0.4 is 5.32 Å². The van der Waals surface area contributed by atoms with Gasteiger partial charge in [-0.3, -0.25) is 4.18 Å². The Morgan fingerprint density at radius 2 is 1.27 bits per heavy atom. The van der Waals surface area contributed by atoms with Crippen LogP contribution in [0.25, 0.3) is 0 Å². The van der Waals surface area contributed by atoms with Crippen molar-refractivity contribution in [3.8, 4) is 0 Å². The predicted octanol–water partition coefficient (Wildman–Crippen LogP) is 4.85. The van der Waals surface area contributed by atoms with Crippen molar-refractivity contribution in [2.45, 2.75) is 14.7 Å². The van der Waals surface area contributed by atoms with E-state index in [9.17, 15) is 8.42 Å². The summed E-state index contributed by atoms with van der Waals surface area (Å²) in [6, 6.07) is 24.6. The van der Waals surface area contributed by atoms with Crippen LogP contribution in [-0.2, 0) is 18.2 Å². The van der Waals surface area contributed by atoms with Crippen molar-refractivity contribution >= 4 is 32.1 Å². The lowest BCUT2D eigenvalue weighted by atomic mass is 10.2. The molecule has 3 aromatic carbocycles. The third kappa shape index (κ3) is 2.69. The van der Waals surface area contributed by atoms with Gasteiger partial charge in [-0.25, -0.2) is 0 Å². The fourth-order valence-corrected chi connectivity index (χ4v) is 7.84. The van der Waals surface area contributed by atoms with Crippen molar-refractivity contribution in [1.82, 2.24) is 0 Å². The highest BCUT2D eigenvalue weighted by atomic mass is 32.3. The molecule has 0 spiro atoms. The third-order valence-electron chi connectivity index (χ3n) is 4.13. The van der Waals surface area contributed by atoms with E-state index in [1.54, 1.807) is 0 Å².